The van der Waals surface area contributed by atoms with Crippen molar-refractivity contribution in [3.63, 3.8) is 0 Å². The van der Waals surface area contributed by atoms with Gasteiger partial charge in [-0.25, -0.2) is 4.98 Å². The van der Waals surface area contributed by atoms with Gasteiger partial charge < -0.3 is 14.6 Å². The van der Waals surface area contributed by atoms with Gasteiger partial charge in [0, 0.05) is 25.0 Å². The number of carbonyl (C=O) groups is 1. The summed E-state index contributed by atoms with van der Waals surface area (Å²) < 4.78 is 6.75. The van der Waals surface area contributed by atoms with Crippen LogP contribution in [0.2, 0.25) is 0 Å². The number of carbonyl (C=O) groups excluding carboxylic acids is 1. The van der Waals surface area contributed by atoms with Gasteiger partial charge in [-0.05, 0) is 37.8 Å². The van der Waals surface area contributed by atoms with Crippen LogP contribution >= 0.6 is 23.1 Å². The van der Waals surface area contributed by atoms with E-state index in [9.17, 15) is 4.79 Å². The summed E-state index contributed by atoms with van der Waals surface area (Å²) in [5, 5.41) is 12.5. The van der Waals surface area contributed by atoms with E-state index in [0.29, 0.717) is 11.8 Å². The summed E-state index contributed by atoms with van der Waals surface area (Å²) in [7, 11) is 0. The number of aromatic nitrogens is 3. The number of thioether (sulfide) groups is 1. The van der Waals surface area contributed by atoms with E-state index in [1.54, 1.807) is 0 Å². The van der Waals surface area contributed by atoms with Crippen LogP contribution in [0.15, 0.2) is 33.0 Å². The van der Waals surface area contributed by atoms with Crippen LogP contribution in [0.4, 0.5) is 5.13 Å². The number of hydrogen-bond acceptors (Lipinski definition) is 8. The molecule has 2 aliphatic rings. The third kappa shape index (κ3) is 4.00. The zero-order chi connectivity index (χ0) is 18.9. The van der Waals surface area contributed by atoms with Gasteiger partial charge in [-0.3, -0.25) is 4.79 Å². The summed E-state index contributed by atoms with van der Waals surface area (Å²) in [6.07, 6.45) is 4.19. The van der Waals surface area contributed by atoms with Crippen molar-refractivity contribution in [2.45, 2.75) is 42.0 Å². The van der Waals surface area contributed by atoms with Crippen LogP contribution < -0.4 is 5.32 Å². The zero-order valence-electron chi connectivity index (χ0n) is 15.3. The SMILES string of the molecule is O=C(CSc1nnc(NC2CC2)s1)N1CCC(c2nc3ccccc3o2)CC1. The maximum Gasteiger partial charge on any atom is 0.233 e. The predicted molar refractivity (Wildman–Crippen MR) is 110 cm³/mol. The molecule has 28 heavy (non-hydrogen) atoms. The Kier molecular flexibility index (Phi) is 4.94. The number of nitrogens with zero attached hydrogens (tertiary/aromatic N) is 4. The van der Waals surface area contributed by atoms with E-state index in [1.807, 2.05) is 29.2 Å². The molecule has 0 spiro atoms. The Morgan fingerprint density at radius 3 is 2.82 bits per heavy atom. The van der Waals surface area contributed by atoms with Gasteiger partial charge in [-0.2, -0.15) is 0 Å². The third-order valence-corrected chi connectivity index (χ3v) is 7.11. The Labute approximate surface area is 170 Å². The molecule has 0 unspecified atom stereocenters. The van der Waals surface area contributed by atoms with Crippen LogP contribution in [0.25, 0.3) is 11.1 Å². The summed E-state index contributed by atoms with van der Waals surface area (Å²) >= 11 is 3.00. The first-order valence-corrected chi connectivity index (χ1v) is 11.4. The lowest BCUT2D eigenvalue weighted by Gasteiger charge is -2.30. The normalized spacial score (nSPS) is 17.9. The number of nitrogens with one attached hydrogen (secondary N) is 1. The fraction of sp³-hybridized carbons (Fsp3) is 0.474. The van der Waals surface area contributed by atoms with Crippen molar-refractivity contribution >= 4 is 45.2 Å². The Morgan fingerprint density at radius 1 is 1.21 bits per heavy atom. The average Bonchev–Trinajstić information content (AvgIpc) is 3.25. The van der Waals surface area contributed by atoms with E-state index in [2.05, 4.69) is 20.5 Å². The molecule has 3 aromatic rings. The van der Waals surface area contributed by atoms with Crippen LogP contribution in [-0.2, 0) is 4.79 Å². The van der Waals surface area contributed by atoms with Crippen molar-refractivity contribution in [3.05, 3.63) is 30.2 Å². The minimum Gasteiger partial charge on any atom is -0.440 e. The maximum absolute atomic E-state index is 12.6. The highest BCUT2D eigenvalue weighted by Gasteiger charge is 2.27. The highest BCUT2D eigenvalue weighted by Crippen LogP contribution is 2.32. The molecule has 1 aromatic carbocycles. The highest BCUT2D eigenvalue weighted by molar-refractivity contribution is 8.01. The zero-order valence-corrected chi connectivity index (χ0v) is 17.0. The molecule has 5 rings (SSSR count). The maximum atomic E-state index is 12.6. The second-order valence-corrected chi connectivity index (χ2v) is 9.46. The molecule has 7 nitrogen and oxygen atoms in total. The molecule has 2 fully saturated rings. The molecule has 0 bridgehead atoms. The standard InChI is InChI=1S/C19H21N5O2S2/c25-16(11-27-19-23-22-18(28-19)20-13-5-6-13)24-9-7-12(8-10-24)17-21-14-3-1-2-4-15(14)26-17/h1-4,12-13H,5-11H2,(H,20,22). The number of oxazole rings is 1. The summed E-state index contributed by atoms with van der Waals surface area (Å²) in [6.45, 7) is 1.49. The van der Waals surface area contributed by atoms with Gasteiger partial charge >= 0.3 is 0 Å². The Morgan fingerprint density at radius 2 is 2.04 bits per heavy atom. The Balaban J connectivity index is 1.12. The molecule has 1 saturated carbocycles. The quantitative estimate of drug-likeness (QED) is 0.614. The largest absolute Gasteiger partial charge is 0.440 e. The van der Waals surface area contributed by atoms with Crippen LogP contribution in [0.3, 0.4) is 0 Å². The summed E-state index contributed by atoms with van der Waals surface area (Å²) in [5.74, 6) is 1.65. The molecule has 9 heteroatoms. The fourth-order valence-electron chi connectivity index (χ4n) is 3.38. The number of piperidine rings is 1. The van der Waals surface area contributed by atoms with Gasteiger partial charge in [0.05, 0.1) is 5.75 Å². The highest BCUT2D eigenvalue weighted by atomic mass is 32.2. The van der Waals surface area contributed by atoms with Gasteiger partial charge in [-0.1, -0.05) is 35.2 Å². The number of amides is 1. The number of rotatable bonds is 6. The first-order chi connectivity index (χ1) is 13.7. The second-order valence-electron chi connectivity index (χ2n) is 7.26. The molecule has 1 aliphatic heterocycles. The van der Waals surface area contributed by atoms with Crippen LogP contribution in [0, 0.1) is 0 Å². The summed E-state index contributed by atoms with van der Waals surface area (Å²) in [4.78, 5) is 19.1. The molecule has 0 radical (unpaired) electrons. The molecule has 3 heterocycles. The Hall–Kier alpha value is -2.13. The van der Waals surface area contributed by atoms with E-state index in [-0.39, 0.29) is 11.8 Å². The van der Waals surface area contributed by atoms with Crippen molar-refractivity contribution in [3.8, 4) is 0 Å². The van der Waals surface area contributed by atoms with Crippen molar-refractivity contribution in [2.75, 3.05) is 24.2 Å². The third-order valence-electron chi connectivity index (χ3n) is 5.14. The van der Waals surface area contributed by atoms with Crippen LogP contribution in [0.1, 0.15) is 37.5 Å². The molecular weight excluding hydrogens is 394 g/mol. The number of hydrogen-bond donors (Lipinski definition) is 1. The van der Waals surface area contributed by atoms with Crippen LogP contribution in [0.5, 0.6) is 0 Å². The molecular formula is C19H21N5O2S2. The molecule has 0 atom stereocenters. The van der Waals surface area contributed by atoms with E-state index in [4.69, 9.17) is 4.42 Å². The molecule has 1 N–H and O–H groups in total. The fourth-order valence-corrected chi connectivity index (χ4v) is 5.12. The number of para-hydroxylation sites is 2. The molecule has 1 amide bonds. The van der Waals surface area contributed by atoms with Gasteiger partial charge in [0.1, 0.15) is 5.52 Å². The van der Waals surface area contributed by atoms with E-state index >= 15 is 0 Å². The van der Waals surface area contributed by atoms with Crippen molar-refractivity contribution < 1.29 is 9.21 Å². The molecule has 2 aromatic heterocycles. The van der Waals surface area contributed by atoms with Gasteiger partial charge in [0.2, 0.25) is 11.0 Å². The number of benzene rings is 1. The molecule has 1 saturated heterocycles. The lowest BCUT2D eigenvalue weighted by atomic mass is 9.97. The molecule has 146 valence electrons. The van der Waals surface area contributed by atoms with E-state index in [1.165, 1.54) is 35.9 Å². The van der Waals surface area contributed by atoms with Gasteiger partial charge in [0.15, 0.2) is 15.8 Å². The second kappa shape index (κ2) is 7.71. The Bertz CT molecular complexity index is 943. The topological polar surface area (TPSA) is 84.2 Å². The van der Waals surface area contributed by atoms with Gasteiger partial charge in [0.25, 0.3) is 0 Å². The van der Waals surface area contributed by atoms with Crippen molar-refractivity contribution in [1.82, 2.24) is 20.1 Å². The van der Waals surface area contributed by atoms with Crippen LogP contribution in [-0.4, -0.2) is 50.9 Å². The number of likely N-dealkylation sites (tertiary alicyclic amines) is 1. The average molecular weight is 416 g/mol. The first kappa shape index (κ1) is 17.9. The monoisotopic (exact) mass is 415 g/mol. The summed E-state index contributed by atoms with van der Waals surface area (Å²) in [6, 6.07) is 8.41. The minimum absolute atomic E-state index is 0.160. The first-order valence-electron chi connectivity index (χ1n) is 9.61. The summed E-state index contributed by atoms with van der Waals surface area (Å²) in [5.41, 5.74) is 1.74. The molecule has 1 aliphatic carbocycles. The predicted octanol–water partition coefficient (Wildman–Crippen LogP) is 3.75. The lowest BCUT2D eigenvalue weighted by Crippen LogP contribution is -2.39. The number of fused-ring (bicyclic) bond motifs is 1. The lowest BCUT2D eigenvalue weighted by molar-refractivity contribution is -0.129. The number of anilines is 1. The van der Waals surface area contributed by atoms with E-state index < -0.39 is 0 Å². The smallest absolute Gasteiger partial charge is 0.233 e. The van der Waals surface area contributed by atoms with E-state index in [0.717, 1.165) is 52.4 Å². The minimum atomic E-state index is 0.160. The van der Waals surface area contributed by atoms with Crippen molar-refractivity contribution in [1.29, 1.82) is 0 Å². The van der Waals surface area contributed by atoms with Gasteiger partial charge in [-0.15, -0.1) is 10.2 Å². The van der Waals surface area contributed by atoms with Crippen molar-refractivity contribution in [2.24, 2.45) is 0 Å².